The molecule has 2 aromatic carbocycles. The Labute approximate surface area is 115 Å². The summed E-state index contributed by atoms with van der Waals surface area (Å²) in [6, 6.07) is 7.35. The topological polar surface area (TPSA) is 35.5 Å². The third-order valence-electron chi connectivity index (χ3n) is 2.26. The largest absolute Gasteiger partial charge is 0.492 e. The van der Waals surface area contributed by atoms with Crippen molar-refractivity contribution in [1.82, 2.24) is 0 Å². The minimum Gasteiger partial charge on any atom is -0.389 e. The van der Waals surface area contributed by atoms with E-state index in [1.165, 1.54) is 24.3 Å². The summed E-state index contributed by atoms with van der Waals surface area (Å²) in [5, 5.41) is 0. The van der Waals surface area contributed by atoms with Crippen LogP contribution in [-0.2, 0) is 4.57 Å². The van der Waals surface area contributed by atoms with Gasteiger partial charge in [0, 0.05) is 0 Å². The van der Waals surface area contributed by atoms with E-state index in [1.54, 1.807) is 6.07 Å². The molecule has 0 fully saturated rings. The Morgan fingerprint density at radius 3 is 1.71 bits per heavy atom. The Bertz CT molecular complexity index is 664. The lowest BCUT2D eigenvalue weighted by Gasteiger charge is -2.08. The van der Waals surface area contributed by atoms with Crippen molar-refractivity contribution in [3.8, 4) is 11.5 Å². The average Bonchev–Trinajstić information content (AvgIpc) is 2.48. The zero-order chi connectivity index (χ0) is 15.6. The van der Waals surface area contributed by atoms with Gasteiger partial charge in [0.05, 0.1) is 0 Å². The van der Waals surface area contributed by atoms with E-state index >= 15 is 0 Å². The molecule has 2 rings (SSSR count). The molecule has 0 aromatic heterocycles. The van der Waals surface area contributed by atoms with E-state index in [0.717, 1.165) is 0 Å². The Balaban J connectivity index is 2.26. The van der Waals surface area contributed by atoms with Crippen LogP contribution in [0, 0.1) is 29.1 Å². The van der Waals surface area contributed by atoms with Gasteiger partial charge >= 0.3 is 8.25 Å². The van der Waals surface area contributed by atoms with Crippen molar-refractivity contribution >= 4 is 8.25 Å². The second kappa shape index (κ2) is 6.05. The van der Waals surface area contributed by atoms with Crippen LogP contribution in [0.15, 0.2) is 30.3 Å². The van der Waals surface area contributed by atoms with Gasteiger partial charge in [-0.2, -0.15) is 13.3 Å². The molecule has 3 nitrogen and oxygen atoms in total. The fourth-order valence-corrected chi connectivity index (χ4v) is 1.97. The van der Waals surface area contributed by atoms with Gasteiger partial charge in [-0.1, -0.05) is 18.2 Å². The summed E-state index contributed by atoms with van der Waals surface area (Å²) in [4.78, 5) is 0. The Morgan fingerprint density at radius 2 is 1.19 bits per heavy atom. The molecular weight excluding hydrogens is 318 g/mol. The first-order valence-corrected chi connectivity index (χ1v) is 6.41. The van der Waals surface area contributed by atoms with Gasteiger partial charge in [0.15, 0.2) is 0 Å². The van der Waals surface area contributed by atoms with Crippen LogP contribution in [0.1, 0.15) is 0 Å². The maximum Gasteiger partial charge on any atom is 0.492 e. The van der Waals surface area contributed by atoms with E-state index in [1.807, 2.05) is 0 Å². The average molecular weight is 323 g/mol. The van der Waals surface area contributed by atoms with Crippen molar-refractivity contribution in [1.29, 1.82) is 0 Å². The quantitative estimate of drug-likeness (QED) is 0.360. The predicted molar refractivity (Wildman–Crippen MR) is 61.5 cm³/mol. The van der Waals surface area contributed by atoms with E-state index in [4.69, 9.17) is 0 Å². The molecule has 1 radical (unpaired) electrons. The maximum atomic E-state index is 13.3. The zero-order valence-corrected chi connectivity index (χ0v) is 10.8. The van der Waals surface area contributed by atoms with Gasteiger partial charge < -0.3 is 9.05 Å². The van der Waals surface area contributed by atoms with Gasteiger partial charge in [-0.3, -0.25) is 0 Å². The van der Waals surface area contributed by atoms with Crippen LogP contribution in [0.2, 0.25) is 0 Å². The molecule has 2 aromatic rings. The lowest BCUT2D eigenvalue weighted by molar-refractivity contribution is 0.336. The lowest BCUT2D eigenvalue weighted by Crippen LogP contribution is -2.04. The lowest BCUT2D eigenvalue weighted by atomic mass is 10.3. The second-order valence-electron chi connectivity index (χ2n) is 3.62. The van der Waals surface area contributed by atoms with Crippen molar-refractivity contribution in [2.24, 2.45) is 0 Å². The minimum atomic E-state index is -3.19. The standard InChI is InChI=1S/C12H5F5O3P/c13-7-8(14)10(16)12(11(17)9(7)15)20-21(18)19-6-4-2-1-3-5-6/h1-5H. The first kappa shape index (κ1) is 15.2. The minimum absolute atomic E-state index is 0.0301. The fourth-order valence-electron chi connectivity index (χ4n) is 1.33. The van der Waals surface area contributed by atoms with Crippen LogP contribution < -0.4 is 9.05 Å². The highest BCUT2D eigenvalue weighted by Gasteiger charge is 2.29. The van der Waals surface area contributed by atoms with Crippen LogP contribution in [0.5, 0.6) is 11.5 Å². The van der Waals surface area contributed by atoms with Crippen molar-refractivity contribution in [2.45, 2.75) is 0 Å². The Hall–Kier alpha value is -2.21. The highest BCUT2D eigenvalue weighted by molar-refractivity contribution is 7.34. The fraction of sp³-hybridized carbons (Fsp3) is 0. The summed E-state index contributed by atoms with van der Waals surface area (Å²) < 4.78 is 85.4. The van der Waals surface area contributed by atoms with E-state index in [0.29, 0.717) is 0 Å². The summed E-state index contributed by atoms with van der Waals surface area (Å²) in [7, 11) is -3.19. The number of halogens is 5. The summed E-state index contributed by atoms with van der Waals surface area (Å²) in [5.41, 5.74) is 0. The molecule has 0 spiro atoms. The summed E-state index contributed by atoms with van der Waals surface area (Å²) in [6.45, 7) is 0. The monoisotopic (exact) mass is 323 g/mol. The van der Waals surface area contributed by atoms with Gasteiger partial charge in [-0.05, 0) is 12.1 Å². The Kier molecular flexibility index (Phi) is 4.37. The van der Waals surface area contributed by atoms with Crippen molar-refractivity contribution < 1.29 is 35.6 Å². The van der Waals surface area contributed by atoms with Crippen LogP contribution >= 0.6 is 8.25 Å². The third kappa shape index (κ3) is 3.11. The highest BCUT2D eigenvalue weighted by Crippen LogP contribution is 2.36. The molecule has 1 unspecified atom stereocenters. The highest BCUT2D eigenvalue weighted by atomic mass is 31.1. The van der Waals surface area contributed by atoms with Crippen LogP contribution in [0.3, 0.4) is 0 Å². The van der Waals surface area contributed by atoms with Crippen LogP contribution in [-0.4, -0.2) is 0 Å². The van der Waals surface area contributed by atoms with Crippen molar-refractivity contribution in [2.75, 3.05) is 0 Å². The molecule has 21 heavy (non-hydrogen) atoms. The first-order valence-electron chi connectivity index (χ1n) is 5.31. The van der Waals surface area contributed by atoms with E-state index in [2.05, 4.69) is 9.05 Å². The molecule has 0 aliphatic heterocycles. The summed E-state index contributed by atoms with van der Waals surface area (Å²) in [5.74, 6) is -12.8. The second-order valence-corrected chi connectivity index (χ2v) is 4.43. The van der Waals surface area contributed by atoms with Crippen molar-refractivity contribution in [3.05, 3.63) is 59.4 Å². The van der Waals surface area contributed by atoms with Crippen LogP contribution in [0.4, 0.5) is 22.0 Å². The maximum absolute atomic E-state index is 13.3. The van der Waals surface area contributed by atoms with Crippen LogP contribution in [0.25, 0.3) is 0 Å². The number of rotatable bonds is 4. The molecule has 1 atom stereocenters. The Morgan fingerprint density at radius 1 is 0.714 bits per heavy atom. The first-order chi connectivity index (χ1) is 9.91. The zero-order valence-electron chi connectivity index (χ0n) is 9.95. The smallest absolute Gasteiger partial charge is 0.389 e. The number of benzene rings is 2. The third-order valence-corrected chi connectivity index (χ3v) is 2.95. The molecule has 0 bridgehead atoms. The van der Waals surface area contributed by atoms with Crippen molar-refractivity contribution in [3.63, 3.8) is 0 Å². The van der Waals surface area contributed by atoms with Gasteiger partial charge in [0.1, 0.15) is 5.75 Å². The normalized spacial score (nSPS) is 11.2. The number of para-hydroxylation sites is 1. The molecule has 0 heterocycles. The van der Waals surface area contributed by atoms with Gasteiger partial charge in [-0.15, -0.1) is 0 Å². The molecule has 0 N–H and O–H groups in total. The molecular formula is C12H5F5O3P. The summed E-state index contributed by atoms with van der Waals surface area (Å²) >= 11 is 0. The van der Waals surface area contributed by atoms with E-state index < -0.39 is 43.1 Å². The molecule has 111 valence electrons. The SMILES string of the molecule is O=[P](Oc1ccccc1)Oc1c(F)c(F)c(F)c(F)c1F. The summed E-state index contributed by atoms with van der Waals surface area (Å²) in [6.07, 6.45) is 0. The van der Waals surface area contributed by atoms with Gasteiger partial charge in [0.2, 0.25) is 34.8 Å². The molecule has 0 saturated heterocycles. The number of hydrogen-bond donors (Lipinski definition) is 0. The molecule has 0 aliphatic carbocycles. The van der Waals surface area contributed by atoms with E-state index in [9.17, 15) is 26.5 Å². The number of hydrogen-bond acceptors (Lipinski definition) is 3. The molecule has 9 heteroatoms. The van der Waals surface area contributed by atoms with Gasteiger partial charge in [-0.25, -0.2) is 13.2 Å². The molecule has 0 aliphatic rings. The molecule has 0 saturated carbocycles. The van der Waals surface area contributed by atoms with Gasteiger partial charge in [0.25, 0.3) is 0 Å². The molecule has 0 amide bonds. The van der Waals surface area contributed by atoms with E-state index in [-0.39, 0.29) is 5.75 Å². The predicted octanol–water partition coefficient (Wildman–Crippen LogP) is 4.50.